The van der Waals surface area contributed by atoms with Crippen molar-refractivity contribution in [2.24, 2.45) is 5.92 Å². The number of carbonyl (C=O) groups is 1. The van der Waals surface area contributed by atoms with Crippen molar-refractivity contribution in [2.45, 2.75) is 39.5 Å². The summed E-state index contributed by atoms with van der Waals surface area (Å²) in [7, 11) is 0. The highest BCUT2D eigenvalue weighted by Gasteiger charge is 2.27. The maximum absolute atomic E-state index is 12.7. The zero-order valence-corrected chi connectivity index (χ0v) is 17.1. The third kappa shape index (κ3) is 4.72. The summed E-state index contributed by atoms with van der Waals surface area (Å²) >= 11 is 0. The van der Waals surface area contributed by atoms with Crippen molar-refractivity contribution >= 4 is 22.9 Å². The van der Waals surface area contributed by atoms with Crippen LogP contribution in [0.4, 0.5) is 5.95 Å². The molecule has 0 saturated carbocycles. The number of nitrogens with one attached hydrogen (secondary N) is 2. The number of H-pyrrole nitrogens is 1. The van der Waals surface area contributed by atoms with Gasteiger partial charge in [0, 0.05) is 37.4 Å². The third-order valence-electron chi connectivity index (χ3n) is 5.37. The first-order valence-corrected chi connectivity index (χ1v) is 10.4. The van der Waals surface area contributed by atoms with Gasteiger partial charge in [0.2, 0.25) is 11.9 Å². The lowest BCUT2D eigenvalue weighted by Gasteiger charge is -2.32. The van der Waals surface area contributed by atoms with Gasteiger partial charge < -0.3 is 15.2 Å². The molecule has 152 valence electrons. The molecule has 7 heteroatoms. The molecule has 0 unspecified atom stereocenters. The van der Waals surface area contributed by atoms with Crippen LogP contribution < -0.4 is 10.2 Å². The second-order valence-corrected chi connectivity index (χ2v) is 7.83. The summed E-state index contributed by atoms with van der Waals surface area (Å²) in [5.41, 5.74) is 3.97. The number of imidazole rings is 1. The Morgan fingerprint density at radius 2 is 2.00 bits per heavy atom. The monoisotopic (exact) mass is 392 g/mol. The van der Waals surface area contributed by atoms with Gasteiger partial charge in [-0.15, -0.1) is 0 Å². The quantitative estimate of drug-likeness (QED) is 0.630. The number of amides is 1. The maximum Gasteiger partial charge on any atom is 0.225 e. The van der Waals surface area contributed by atoms with Crippen LogP contribution in [0.2, 0.25) is 0 Å². The number of aryl methyl sites for hydroxylation is 3. The average Bonchev–Trinajstić information content (AvgIpc) is 3.13. The highest BCUT2D eigenvalue weighted by atomic mass is 16.1. The standard InChI is InChI=1S/C22H28N6O/c1-15-13-16(2)25-22(24-15)28-12-6-7-17(14-28)21(29)23-11-5-10-20-26-18-8-3-4-9-19(18)27-20/h3-4,8-9,13,17H,5-7,10-12,14H2,1-2H3,(H,23,29)(H,26,27)/t17-/m0/s1. The minimum atomic E-state index is -0.0145. The number of fused-ring (bicyclic) bond motifs is 1. The van der Waals surface area contributed by atoms with Crippen LogP contribution in [-0.2, 0) is 11.2 Å². The van der Waals surface area contributed by atoms with E-state index in [0.717, 1.165) is 66.4 Å². The molecule has 4 rings (SSSR count). The van der Waals surface area contributed by atoms with Crippen LogP contribution in [0.5, 0.6) is 0 Å². The highest BCUT2D eigenvalue weighted by molar-refractivity contribution is 5.79. The molecule has 0 radical (unpaired) electrons. The van der Waals surface area contributed by atoms with Crippen molar-refractivity contribution in [2.75, 3.05) is 24.5 Å². The number of nitrogens with zero attached hydrogens (tertiary/aromatic N) is 4. The van der Waals surface area contributed by atoms with E-state index in [4.69, 9.17) is 0 Å². The number of aromatic amines is 1. The number of piperidine rings is 1. The largest absolute Gasteiger partial charge is 0.356 e. The lowest BCUT2D eigenvalue weighted by atomic mass is 9.97. The fourth-order valence-corrected chi connectivity index (χ4v) is 3.96. The third-order valence-corrected chi connectivity index (χ3v) is 5.37. The van der Waals surface area contributed by atoms with Gasteiger partial charge in [-0.2, -0.15) is 0 Å². The Morgan fingerprint density at radius 3 is 2.79 bits per heavy atom. The first-order chi connectivity index (χ1) is 14.1. The van der Waals surface area contributed by atoms with Gasteiger partial charge in [-0.05, 0) is 51.3 Å². The van der Waals surface area contributed by atoms with Gasteiger partial charge in [0.05, 0.1) is 17.0 Å². The van der Waals surface area contributed by atoms with E-state index in [-0.39, 0.29) is 11.8 Å². The van der Waals surface area contributed by atoms with Crippen molar-refractivity contribution < 1.29 is 4.79 Å². The topological polar surface area (TPSA) is 86.8 Å². The van der Waals surface area contributed by atoms with Crippen LogP contribution in [0.25, 0.3) is 11.0 Å². The van der Waals surface area contributed by atoms with Crippen molar-refractivity contribution in [3.63, 3.8) is 0 Å². The molecule has 7 nitrogen and oxygen atoms in total. The molecule has 1 atom stereocenters. The summed E-state index contributed by atoms with van der Waals surface area (Å²) in [6, 6.07) is 10.00. The van der Waals surface area contributed by atoms with Crippen molar-refractivity contribution in [1.29, 1.82) is 0 Å². The molecule has 1 aliphatic rings. The number of rotatable bonds is 6. The van der Waals surface area contributed by atoms with Crippen molar-refractivity contribution in [3.05, 3.63) is 47.5 Å². The van der Waals surface area contributed by atoms with Crippen LogP contribution >= 0.6 is 0 Å². The summed E-state index contributed by atoms with van der Waals surface area (Å²) in [4.78, 5) is 31.8. The van der Waals surface area contributed by atoms with Crippen molar-refractivity contribution in [1.82, 2.24) is 25.3 Å². The summed E-state index contributed by atoms with van der Waals surface area (Å²) in [5, 5.41) is 3.10. The molecule has 2 N–H and O–H groups in total. The smallest absolute Gasteiger partial charge is 0.225 e. The average molecular weight is 393 g/mol. The molecule has 1 aromatic carbocycles. The van der Waals surface area contributed by atoms with E-state index in [2.05, 4.69) is 30.2 Å². The lowest BCUT2D eigenvalue weighted by Crippen LogP contribution is -2.44. The van der Waals surface area contributed by atoms with Gasteiger partial charge in [0.25, 0.3) is 0 Å². The van der Waals surface area contributed by atoms with E-state index in [1.165, 1.54) is 0 Å². The number of anilines is 1. The number of hydrogen-bond acceptors (Lipinski definition) is 5. The number of hydrogen-bond donors (Lipinski definition) is 2. The van der Waals surface area contributed by atoms with Crippen LogP contribution in [0.3, 0.4) is 0 Å². The minimum absolute atomic E-state index is 0.0145. The molecular formula is C22H28N6O. The van der Waals surface area contributed by atoms with Crippen molar-refractivity contribution in [3.8, 4) is 0 Å². The van der Waals surface area contributed by atoms with E-state index in [1.54, 1.807) is 0 Å². The second-order valence-electron chi connectivity index (χ2n) is 7.83. The van der Waals surface area contributed by atoms with E-state index in [1.807, 2.05) is 44.2 Å². The van der Waals surface area contributed by atoms with Gasteiger partial charge in [-0.3, -0.25) is 4.79 Å². The summed E-state index contributed by atoms with van der Waals surface area (Å²) in [6.45, 7) is 6.20. The number of benzene rings is 1. The van der Waals surface area contributed by atoms with Gasteiger partial charge >= 0.3 is 0 Å². The van der Waals surface area contributed by atoms with Gasteiger partial charge in [-0.1, -0.05) is 12.1 Å². The van der Waals surface area contributed by atoms with E-state index < -0.39 is 0 Å². The molecule has 29 heavy (non-hydrogen) atoms. The molecule has 1 amide bonds. The molecule has 1 fully saturated rings. The van der Waals surface area contributed by atoms with Crippen LogP contribution in [0, 0.1) is 19.8 Å². The molecule has 1 saturated heterocycles. The summed E-state index contributed by atoms with van der Waals surface area (Å²) < 4.78 is 0. The Bertz CT molecular complexity index is 945. The maximum atomic E-state index is 12.7. The Labute approximate surface area is 171 Å². The van der Waals surface area contributed by atoms with Crippen LogP contribution in [0.15, 0.2) is 30.3 Å². The predicted molar refractivity (Wildman–Crippen MR) is 114 cm³/mol. The molecule has 2 aromatic heterocycles. The Balaban J connectivity index is 1.26. The van der Waals surface area contributed by atoms with E-state index in [9.17, 15) is 4.79 Å². The minimum Gasteiger partial charge on any atom is -0.356 e. The molecule has 0 spiro atoms. The van der Waals surface area contributed by atoms with Crippen LogP contribution in [-0.4, -0.2) is 45.5 Å². The summed E-state index contributed by atoms with van der Waals surface area (Å²) in [5.74, 6) is 1.82. The molecule has 0 bridgehead atoms. The predicted octanol–water partition coefficient (Wildman–Crippen LogP) is 2.94. The lowest BCUT2D eigenvalue weighted by molar-refractivity contribution is -0.125. The normalized spacial score (nSPS) is 16.9. The Hall–Kier alpha value is -2.96. The SMILES string of the molecule is Cc1cc(C)nc(N2CCC[C@H](C(=O)NCCCc3nc4ccccc4[nH]3)C2)n1. The number of carbonyl (C=O) groups excluding carboxylic acids is 1. The number of para-hydroxylation sites is 2. The molecule has 3 heterocycles. The fourth-order valence-electron chi connectivity index (χ4n) is 3.96. The Kier molecular flexibility index (Phi) is 5.74. The zero-order valence-electron chi connectivity index (χ0n) is 17.1. The molecule has 0 aliphatic carbocycles. The summed E-state index contributed by atoms with van der Waals surface area (Å²) in [6.07, 6.45) is 3.58. The number of aromatic nitrogens is 4. The van der Waals surface area contributed by atoms with E-state index in [0.29, 0.717) is 13.1 Å². The highest BCUT2D eigenvalue weighted by Crippen LogP contribution is 2.21. The van der Waals surface area contributed by atoms with Gasteiger partial charge in [-0.25, -0.2) is 15.0 Å². The molecule has 3 aromatic rings. The second kappa shape index (κ2) is 8.59. The van der Waals surface area contributed by atoms with E-state index >= 15 is 0 Å². The fraction of sp³-hybridized carbons (Fsp3) is 0.455. The first kappa shape index (κ1) is 19.4. The van der Waals surface area contributed by atoms with Gasteiger partial charge in [0.15, 0.2) is 0 Å². The molecule has 1 aliphatic heterocycles. The first-order valence-electron chi connectivity index (χ1n) is 10.4. The van der Waals surface area contributed by atoms with Crippen LogP contribution in [0.1, 0.15) is 36.5 Å². The molecular weight excluding hydrogens is 364 g/mol. The Morgan fingerprint density at radius 1 is 1.21 bits per heavy atom. The van der Waals surface area contributed by atoms with Gasteiger partial charge in [0.1, 0.15) is 5.82 Å². The zero-order chi connectivity index (χ0) is 20.2.